The number of aromatic nitrogens is 1. The van der Waals surface area contributed by atoms with Crippen LogP contribution in [0.3, 0.4) is 0 Å². The Labute approximate surface area is 191 Å². The van der Waals surface area contributed by atoms with Crippen LogP contribution in [0.2, 0.25) is 0 Å². The minimum Gasteiger partial charge on any atom is -0.369 e. The second-order valence-corrected chi connectivity index (χ2v) is 9.36. The van der Waals surface area contributed by atoms with Crippen molar-refractivity contribution < 1.29 is 17.6 Å². The van der Waals surface area contributed by atoms with E-state index in [1.165, 1.54) is 12.1 Å². The summed E-state index contributed by atoms with van der Waals surface area (Å²) in [4.78, 5) is 20.8. The SMILES string of the molecule is Cc1cc(C(=O)NNS(=O)(=O)c2ccccc2F)cc(-c2cc(N3CCNCC3)ccn2)c1. The minimum atomic E-state index is -4.26. The van der Waals surface area contributed by atoms with E-state index in [9.17, 15) is 17.6 Å². The molecule has 0 radical (unpaired) electrons. The number of carbonyl (C=O) groups is 1. The lowest BCUT2D eigenvalue weighted by atomic mass is 10.0. The molecule has 0 atom stereocenters. The second-order valence-electron chi connectivity index (χ2n) is 7.71. The Kier molecular flexibility index (Phi) is 6.68. The third kappa shape index (κ3) is 5.36. The molecule has 0 aliphatic carbocycles. The highest BCUT2D eigenvalue weighted by molar-refractivity contribution is 7.89. The highest BCUT2D eigenvalue weighted by atomic mass is 32.2. The first-order valence-electron chi connectivity index (χ1n) is 10.4. The molecule has 4 rings (SSSR count). The maximum Gasteiger partial charge on any atom is 0.266 e. The molecule has 1 saturated heterocycles. The number of hydrazine groups is 1. The average Bonchev–Trinajstić information content (AvgIpc) is 2.83. The molecule has 8 nitrogen and oxygen atoms in total. The van der Waals surface area contributed by atoms with Gasteiger partial charge in [0.1, 0.15) is 10.7 Å². The first kappa shape index (κ1) is 22.8. The fourth-order valence-electron chi connectivity index (χ4n) is 3.66. The summed E-state index contributed by atoms with van der Waals surface area (Å²) in [7, 11) is -4.26. The maximum atomic E-state index is 13.8. The van der Waals surface area contributed by atoms with Gasteiger partial charge in [-0.1, -0.05) is 12.1 Å². The van der Waals surface area contributed by atoms with Crippen LogP contribution in [0.4, 0.5) is 10.1 Å². The van der Waals surface area contributed by atoms with Gasteiger partial charge in [0.25, 0.3) is 15.9 Å². The van der Waals surface area contributed by atoms with Gasteiger partial charge in [-0.3, -0.25) is 15.2 Å². The lowest BCUT2D eigenvalue weighted by Gasteiger charge is -2.29. The number of benzene rings is 2. The van der Waals surface area contributed by atoms with Crippen LogP contribution in [-0.2, 0) is 10.0 Å². The van der Waals surface area contributed by atoms with Crippen molar-refractivity contribution >= 4 is 21.6 Å². The highest BCUT2D eigenvalue weighted by Crippen LogP contribution is 2.25. The van der Waals surface area contributed by atoms with Gasteiger partial charge in [0.05, 0.1) is 5.69 Å². The maximum absolute atomic E-state index is 13.8. The number of hydrogen-bond acceptors (Lipinski definition) is 6. The Morgan fingerprint density at radius 1 is 1.09 bits per heavy atom. The van der Waals surface area contributed by atoms with Gasteiger partial charge in [0.15, 0.2) is 0 Å². The topological polar surface area (TPSA) is 103 Å². The first-order chi connectivity index (χ1) is 15.8. The third-order valence-corrected chi connectivity index (χ3v) is 6.57. The molecule has 10 heteroatoms. The number of pyridine rings is 1. The standard InChI is InChI=1S/C23H24FN5O3S/c1-16-12-17(21-15-19(6-7-26-21)29-10-8-25-9-11-29)14-18(13-16)23(30)27-28-33(31,32)22-5-3-2-4-20(22)24/h2-7,12-15,25,28H,8-11H2,1H3,(H,27,30). The molecule has 1 amide bonds. The number of hydrogen-bond donors (Lipinski definition) is 3. The van der Waals surface area contributed by atoms with Crippen LogP contribution in [0.5, 0.6) is 0 Å². The number of piperazine rings is 1. The van der Waals surface area contributed by atoms with E-state index in [1.54, 1.807) is 18.3 Å². The zero-order valence-corrected chi connectivity index (χ0v) is 18.8. The summed E-state index contributed by atoms with van der Waals surface area (Å²) in [5, 5.41) is 3.32. The van der Waals surface area contributed by atoms with E-state index in [-0.39, 0.29) is 5.56 Å². The molecule has 3 aromatic rings. The van der Waals surface area contributed by atoms with Crippen molar-refractivity contribution in [1.29, 1.82) is 0 Å². The van der Waals surface area contributed by atoms with Crippen LogP contribution in [0.25, 0.3) is 11.3 Å². The van der Waals surface area contributed by atoms with Crippen molar-refractivity contribution in [2.45, 2.75) is 11.8 Å². The largest absolute Gasteiger partial charge is 0.369 e. The van der Waals surface area contributed by atoms with E-state index in [2.05, 4.69) is 20.6 Å². The normalized spacial score (nSPS) is 14.2. The van der Waals surface area contributed by atoms with Gasteiger partial charge in [-0.25, -0.2) is 12.8 Å². The summed E-state index contributed by atoms with van der Waals surface area (Å²) >= 11 is 0. The van der Waals surface area contributed by atoms with Crippen molar-refractivity contribution in [3.63, 3.8) is 0 Å². The van der Waals surface area contributed by atoms with Crippen molar-refractivity contribution in [2.75, 3.05) is 31.1 Å². The summed E-state index contributed by atoms with van der Waals surface area (Å²) in [6, 6.07) is 14.0. The smallest absolute Gasteiger partial charge is 0.266 e. The number of nitrogens with zero attached hydrogens (tertiary/aromatic N) is 2. The van der Waals surface area contributed by atoms with Gasteiger partial charge >= 0.3 is 0 Å². The summed E-state index contributed by atoms with van der Waals surface area (Å²) in [6.45, 7) is 5.45. The first-order valence-corrected chi connectivity index (χ1v) is 11.9. The molecular weight excluding hydrogens is 445 g/mol. The molecule has 0 saturated carbocycles. The van der Waals surface area contributed by atoms with Crippen molar-refractivity contribution in [3.05, 3.63) is 77.7 Å². The lowest BCUT2D eigenvalue weighted by molar-refractivity contribution is 0.0945. The van der Waals surface area contributed by atoms with Crippen LogP contribution < -0.4 is 20.5 Å². The summed E-state index contributed by atoms with van der Waals surface area (Å²) in [5.41, 5.74) is 5.69. The monoisotopic (exact) mass is 469 g/mol. The Hall–Kier alpha value is -3.34. The summed E-state index contributed by atoms with van der Waals surface area (Å²) in [6.07, 6.45) is 1.73. The van der Waals surface area contributed by atoms with Gasteiger partial charge < -0.3 is 10.2 Å². The number of carbonyl (C=O) groups excluding carboxylic acids is 1. The van der Waals surface area contributed by atoms with Gasteiger partial charge in [0, 0.05) is 49.2 Å². The summed E-state index contributed by atoms with van der Waals surface area (Å²) in [5.74, 6) is -1.58. The van der Waals surface area contributed by atoms with Gasteiger partial charge in [-0.15, -0.1) is 4.83 Å². The van der Waals surface area contributed by atoms with E-state index in [4.69, 9.17) is 0 Å². The van der Waals surface area contributed by atoms with Crippen LogP contribution in [0, 0.1) is 12.7 Å². The third-order valence-electron chi connectivity index (χ3n) is 5.29. The molecule has 1 fully saturated rings. The number of rotatable bonds is 6. The zero-order valence-electron chi connectivity index (χ0n) is 18.0. The molecule has 2 aromatic carbocycles. The molecule has 3 N–H and O–H groups in total. The molecule has 1 aromatic heterocycles. The molecule has 0 spiro atoms. The second kappa shape index (κ2) is 9.65. The van der Waals surface area contributed by atoms with Gasteiger partial charge in [-0.05, 0) is 55.0 Å². The number of anilines is 1. The van der Waals surface area contributed by atoms with Crippen LogP contribution >= 0.6 is 0 Å². The fraction of sp³-hybridized carbons (Fsp3) is 0.217. The predicted molar refractivity (Wildman–Crippen MR) is 124 cm³/mol. The van der Waals surface area contributed by atoms with Gasteiger partial charge in [-0.2, -0.15) is 0 Å². The van der Waals surface area contributed by atoms with Gasteiger partial charge in [0.2, 0.25) is 0 Å². The Morgan fingerprint density at radius 2 is 1.85 bits per heavy atom. The zero-order chi connectivity index (χ0) is 23.4. The number of halogens is 1. The summed E-state index contributed by atoms with van der Waals surface area (Å²) < 4.78 is 38.5. The van der Waals surface area contributed by atoms with E-state index < -0.39 is 26.6 Å². The number of sulfonamides is 1. The lowest BCUT2D eigenvalue weighted by Crippen LogP contribution is -2.43. The highest BCUT2D eigenvalue weighted by Gasteiger charge is 2.20. The van der Waals surface area contributed by atoms with Crippen molar-refractivity contribution in [2.24, 2.45) is 0 Å². The van der Waals surface area contributed by atoms with Crippen LogP contribution in [0.15, 0.2) is 65.7 Å². The Balaban J connectivity index is 1.54. The molecule has 2 heterocycles. The van der Waals surface area contributed by atoms with Crippen molar-refractivity contribution in [3.8, 4) is 11.3 Å². The fourth-order valence-corrected chi connectivity index (χ4v) is 4.58. The molecular formula is C23H24FN5O3S. The van der Waals surface area contributed by atoms with Crippen LogP contribution in [-0.4, -0.2) is 45.5 Å². The van der Waals surface area contributed by atoms with E-state index in [0.717, 1.165) is 55.1 Å². The Morgan fingerprint density at radius 3 is 2.61 bits per heavy atom. The van der Waals surface area contributed by atoms with E-state index in [0.29, 0.717) is 5.69 Å². The predicted octanol–water partition coefficient (Wildman–Crippen LogP) is 2.23. The molecule has 1 aliphatic heterocycles. The van der Waals surface area contributed by atoms with E-state index in [1.807, 2.05) is 30.0 Å². The number of aryl methyl sites for hydroxylation is 1. The molecule has 1 aliphatic rings. The number of nitrogens with one attached hydrogen (secondary N) is 3. The minimum absolute atomic E-state index is 0.246. The molecule has 172 valence electrons. The van der Waals surface area contributed by atoms with E-state index >= 15 is 0 Å². The van der Waals surface area contributed by atoms with Crippen LogP contribution in [0.1, 0.15) is 15.9 Å². The van der Waals surface area contributed by atoms with Crippen molar-refractivity contribution in [1.82, 2.24) is 20.6 Å². The molecule has 0 unspecified atom stereocenters. The number of amides is 1. The molecule has 0 bridgehead atoms. The Bertz CT molecular complexity index is 1280. The average molecular weight is 470 g/mol. The molecule has 33 heavy (non-hydrogen) atoms. The quantitative estimate of drug-likeness (QED) is 0.479.